The third-order valence-electron chi connectivity index (χ3n) is 4.41. The maximum Gasteiger partial charge on any atom is 0.343 e. The summed E-state index contributed by atoms with van der Waals surface area (Å²) >= 11 is 6.38. The van der Waals surface area contributed by atoms with Crippen LogP contribution in [-0.4, -0.2) is 27.8 Å². The summed E-state index contributed by atoms with van der Waals surface area (Å²) in [5, 5.41) is 7.28. The van der Waals surface area contributed by atoms with Crippen LogP contribution >= 0.6 is 11.6 Å². The average molecular weight is 412 g/mol. The molecule has 1 amide bonds. The molecular weight excluding hydrogens is 390 g/mol. The van der Waals surface area contributed by atoms with Crippen molar-refractivity contribution in [1.29, 1.82) is 0 Å². The Labute approximate surface area is 174 Å². The van der Waals surface area contributed by atoms with Crippen molar-refractivity contribution in [2.24, 2.45) is 0 Å². The summed E-state index contributed by atoms with van der Waals surface area (Å²) in [6.45, 7) is 4.00. The maximum absolute atomic E-state index is 12.6. The summed E-state index contributed by atoms with van der Waals surface area (Å²) in [6, 6.07) is 19.2. The fraction of sp³-hybridized carbons (Fsp3) is 0.227. The van der Waals surface area contributed by atoms with E-state index in [4.69, 9.17) is 16.3 Å². The highest BCUT2D eigenvalue weighted by atomic mass is 35.5. The number of esters is 1. The standard InChI is InChI=1S/C22H22ClN3O3/c1-15-19(20(23)26(25-15)14-18-11-7-4-8-12-18)22(28)29-16(2)21(27)24-13-17-9-5-3-6-10-17/h3-12,16H,13-14H2,1-2H3,(H,24,27)/t16-/m0/s1. The minimum atomic E-state index is -0.959. The Morgan fingerprint density at radius 2 is 1.66 bits per heavy atom. The smallest absolute Gasteiger partial charge is 0.343 e. The highest BCUT2D eigenvalue weighted by molar-refractivity contribution is 6.32. The van der Waals surface area contributed by atoms with Crippen molar-refractivity contribution in [3.05, 3.63) is 88.2 Å². The molecule has 7 heteroatoms. The van der Waals surface area contributed by atoms with Gasteiger partial charge >= 0.3 is 5.97 Å². The number of aryl methyl sites for hydroxylation is 1. The van der Waals surface area contributed by atoms with Crippen molar-refractivity contribution in [3.63, 3.8) is 0 Å². The van der Waals surface area contributed by atoms with Gasteiger partial charge in [-0.3, -0.25) is 4.79 Å². The summed E-state index contributed by atoms with van der Waals surface area (Å²) in [7, 11) is 0. The van der Waals surface area contributed by atoms with E-state index in [2.05, 4.69) is 10.4 Å². The van der Waals surface area contributed by atoms with Crippen molar-refractivity contribution in [2.45, 2.75) is 33.0 Å². The van der Waals surface area contributed by atoms with Gasteiger partial charge in [0.05, 0.1) is 12.2 Å². The number of aromatic nitrogens is 2. The molecule has 0 saturated carbocycles. The largest absolute Gasteiger partial charge is 0.449 e. The van der Waals surface area contributed by atoms with Crippen molar-refractivity contribution in [1.82, 2.24) is 15.1 Å². The van der Waals surface area contributed by atoms with Crippen LogP contribution in [0.15, 0.2) is 60.7 Å². The molecular formula is C22H22ClN3O3. The Morgan fingerprint density at radius 1 is 1.07 bits per heavy atom. The molecule has 2 aromatic carbocycles. The third-order valence-corrected chi connectivity index (χ3v) is 4.79. The van der Waals surface area contributed by atoms with Gasteiger partial charge in [0.25, 0.3) is 5.91 Å². The van der Waals surface area contributed by atoms with Gasteiger partial charge in [0.1, 0.15) is 10.7 Å². The quantitative estimate of drug-likeness (QED) is 0.601. The third kappa shape index (κ3) is 5.23. The molecule has 0 spiro atoms. The van der Waals surface area contributed by atoms with E-state index in [-0.39, 0.29) is 16.6 Å². The predicted octanol–water partition coefficient (Wildman–Crippen LogP) is 3.75. The van der Waals surface area contributed by atoms with E-state index in [9.17, 15) is 9.59 Å². The number of nitrogens with zero attached hydrogens (tertiary/aromatic N) is 2. The first-order valence-corrected chi connectivity index (χ1v) is 9.63. The fourth-order valence-corrected chi connectivity index (χ4v) is 3.16. The van der Waals surface area contributed by atoms with Gasteiger partial charge in [0.2, 0.25) is 0 Å². The number of rotatable bonds is 7. The molecule has 1 N–H and O–H groups in total. The zero-order valence-corrected chi connectivity index (χ0v) is 17.0. The molecule has 0 aliphatic heterocycles. The number of carbonyl (C=O) groups is 2. The molecule has 6 nitrogen and oxygen atoms in total. The van der Waals surface area contributed by atoms with Gasteiger partial charge in [0.15, 0.2) is 6.10 Å². The number of ether oxygens (including phenoxy) is 1. The van der Waals surface area contributed by atoms with Crippen LogP contribution in [0.4, 0.5) is 0 Å². The molecule has 0 aliphatic rings. The zero-order valence-electron chi connectivity index (χ0n) is 16.3. The molecule has 1 heterocycles. The number of hydrogen-bond donors (Lipinski definition) is 1. The molecule has 3 aromatic rings. The number of amides is 1. The topological polar surface area (TPSA) is 73.2 Å². The summed E-state index contributed by atoms with van der Waals surface area (Å²) in [5.74, 6) is -1.05. The van der Waals surface area contributed by atoms with Gasteiger partial charge in [-0.05, 0) is 25.0 Å². The SMILES string of the molecule is Cc1nn(Cc2ccccc2)c(Cl)c1C(=O)O[C@@H](C)C(=O)NCc1ccccc1. The first kappa shape index (κ1) is 20.6. The molecule has 29 heavy (non-hydrogen) atoms. The molecule has 0 aliphatic carbocycles. The summed E-state index contributed by atoms with van der Waals surface area (Å²) < 4.78 is 6.87. The Kier molecular flexibility index (Phi) is 6.67. The highest BCUT2D eigenvalue weighted by Crippen LogP contribution is 2.22. The van der Waals surface area contributed by atoms with E-state index in [0.717, 1.165) is 11.1 Å². The summed E-state index contributed by atoms with van der Waals surface area (Å²) in [6.07, 6.45) is -0.959. The molecule has 0 saturated heterocycles. The van der Waals surface area contributed by atoms with Crippen molar-refractivity contribution >= 4 is 23.5 Å². The lowest BCUT2D eigenvalue weighted by atomic mass is 10.2. The Hall–Kier alpha value is -3.12. The maximum atomic E-state index is 12.6. The average Bonchev–Trinajstić information content (AvgIpc) is 3.00. The normalized spacial score (nSPS) is 11.7. The van der Waals surface area contributed by atoms with Gasteiger partial charge in [0, 0.05) is 6.54 Å². The minimum Gasteiger partial charge on any atom is -0.449 e. The molecule has 0 unspecified atom stereocenters. The lowest BCUT2D eigenvalue weighted by molar-refractivity contribution is -0.129. The van der Waals surface area contributed by atoms with E-state index in [1.54, 1.807) is 11.6 Å². The molecule has 3 rings (SSSR count). The molecule has 0 radical (unpaired) electrons. The van der Waals surface area contributed by atoms with Crippen molar-refractivity contribution in [2.75, 3.05) is 0 Å². The second-order valence-electron chi connectivity index (χ2n) is 6.65. The number of halogens is 1. The van der Waals surface area contributed by atoms with E-state index < -0.39 is 12.1 Å². The van der Waals surface area contributed by atoms with Crippen molar-refractivity contribution in [3.8, 4) is 0 Å². The minimum absolute atomic E-state index is 0.172. The Balaban J connectivity index is 1.63. The van der Waals surface area contributed by atoms with Crippen LogP contribution in [0.1, 0.15) is 34.1 Å². The summed E-state index contributed by atoms with van der Waals surface area (Å²) in [4.78, 5) is 24.9. The fourth-order valence-electron chi connectivity index (χ4n) is 2.85. The van der Waals surface area contributed by atoms with Crippen LogP contribution in [-0.2, 0) is 22.6 Å². The van der Waals surface area contributed by atoms with Crippen LogP contribution in [0.5, 0.6) is 0 Å². The van der Waals surface area contributed by atoms with Crippen LogP contribution in [0.3, 0.4) is 0 Å². The lowest BCUT2D eigenvalue weighted by Crippen LogP contribution is -2.35. The monoisotopic (exact) mass is 411 g/mol. The van der Waals surface area contributed by atoms with Gasteiger partial charge in [-0.15, -0.1) is 0 Å². The lowest BCUT2D eigenvalue weighted by Gasteiger charge is -2.13. The summed E-state index contributed by atoms with van der Waals surface area (Å²) in [5.41, 5.74) is 2.59. The molecule has 1 aromatic heterocycles. The molecule has 150 valence electrons. The molecule has 1 atom stereocenters. The van der Waals surface area contributed by atoms with Crippen LogP contribution in [0.25, 0.3) is 0 Å². The van der Waals surface area contributed by atoms with Crippen LogP contribution in [0.2, 0.25) is 5.15 Å². The van der Waals surface area contributed by atoms with Crippen LogP contribution < -0.4 is 5.32 Å². The molecule has 0 bridgehead atoms. The first-order chi connectivity index (χ1) is 14.0. The second kappa shape index (κ2) is 9.39. The number of nitrogens with one attached hydrogen (secondary N) is 1. The number of hydrogen-bond acceptors (Lipinski definition) is 4. The van der Waals surface area contributed by atoms with Gasteiger partial charge in [-0.2, -0.15) is 5.10 Å². The van der Waals surface area contributed by atoms with Gasteiger partial charge in [-0.25, -0.2) is 9.48 Å². The highest BCUT2D eigenvalue weighted by Gasteiger charge is 2.25. The van der Waals surface area contributed by atoms with Gasteiger partial charge < -0.3 is 10.1 Å². The number of benzene rings is 2. The van der Waals surface area contributed by atoms with Crippen molar-refractivity contribution < 1.29 is 14.3 Å². The number of carbonyl (C=O) groups excluding carboxylic acids is 2. The van der Waals surface area contributed by atoms with Gasteiger partial charge in [-0.1, -0.05) is 72.3 Å². The van der Waals surface area contributed by atoms with E-state index in [1.807, 2.05) is 60.7 Å². The van der Waals surface area contributed by atoms with E-state index >= 15 is 0 Å². The Morgan fingerprint density at radius 3 is 2.28 bits per heavy atom. The second-order valence-corrected chi connectivity index (χ2v) is 7.00. The molecule has 0 fully saturated rings. The van der Waals surface area contributed by atoms with E-state index in [1.165, 1.54) is 6.92 Å². The first-order valence-electron chi connectivity index (χ1n) is 9.25. The Bertz CT molecular complexity index is 987. The van der Waals surface area contributed by atoms with Crippen LogP contribution in [0, 0.1) is 6.92 Å². The van der Waals surface area contributed by atoms with E-state index in [0.29, 0.717) is 18.8 Å². The zero-order chi connectivity index (χ0) is 20.8. The predicted molar refractivity (Wildman–Crippen MR) is 111 cm³/mol.